The lowest BCUT2D eigenvalue weighted by atomic mass is 10.0. The Morgan fingerprint density at radius 1 is 0.875 bits per heavy atom. The summed E-state index contributed by atoms with van der Waals surface area (Å²) in [5, 5.41) is 2.89. The molecule has 0 aliphatic heterocycles. The van der Waals surface area contributed by atoms with E-state index in [0.29, 0.717) is 25.3 Å². The van der Waals surface area contributed by atoms with Crippen molar-refractivity contribution in [2.24, 2.45) is 0 Å². The second kappa shape index (κ2) is 11.7. The largest absolute Gasteiger partial charge is 0.484 e. The second-order valence-electron chi connectivity index (χ2n) is 7.71. The van der Waals surface area contributed by atoms with Crippen molar-refractivity contribution in [3.63, 3.8) is 0 Å². The van der Waals surface area contributed by atoms with Crippen LogP contribution in [0.1, 0.15) is 23.6 Å². The van der Waals surface area contributed by atoms with Gasteiger partial charge in [0.25, 0.3) is 5.91 Å². The van der Waals surface area contributed by atoms with E-state index in [9.17, 15) is 9.59 Å². The van der Waals surface area contributed by atoms with E-state index in [4.69, 9.17) is 4.74 Å². The summed E-state index contributed by atoms with van der Waals surface area (Å²) >= 11 is 0. The molecule has 0 aliphatic carbocycles. The number of carbonyl (C=O) groups is 2. The van der Waals surface area contributed by atoms with Crippen LogP contribution in [0.4, 0.5) is 0 Å². The lowest BCUT2D eigenvalue weighted by Crippen LogP contribution is -2.51. The van der Waals surface area contributed by atoms with Gasteiger partial charge in [-0.15, -0.1) is 0 Å². The van der Waals surface area contributed by atoms with Crippen LogP contribution in [0.15, 0.2) is 84.9 Å². The molecule has 5 heteroatoms. The molecule has 0 saturated heterocycles. The predicted molar refractivity (Wildman–Crippen MR) is 126 cm³/mol. The summed E-state index contributed by atoms with van der Waals surface area (Å²) in [4.78, 5) is 28.0. The first kappa shape index (κ1) is 23.1. The molecule has 1 unspecified atom stereocenters. The van der Waals surface area contributed by atoms with Gasteiger partial charge in [0.1, 0.15) is 11.8 Å². The predicted octanol–water partition coefficient (Wildman–Crippen LogP) is 4.15. The smallest absolute Gasteiger partial charge is 0.261 e. The quantitative estimate of drug-likeness (QED) is 0.526. The van der Waals surface area contributed by atoms with Crippen molar-refractivity contribution in [1.29, 1.82) is 0 Å². The number of carbonyl (C=O) groups excluding carboxylic acids is 2. The molecule has 0 heterocycles. The standard InChI is InChI=1S/C27H30N2O3/c1-3-28-27(31)25(18-22-10-6-4-7-11-22)29(19-23-12-8-5-9-13-23)26(30)20-32-24-16-14-21(2)15-17-24/h4-17,25H,3,18-20H2,1-2H3,(H,28,31). The topological polar surface area (TPSA) is 58.6 Å². The van der Waals surface area contributed by atoms with E-state index in [0.717, 1.165) is 16.7 Å². The Balaban J connectivity index is 1.85. The van der Waals surface area contributed by atoms with Gasteiger partial charge in [-0.3, -0.25) is 9.59 Å². The zero-order chi connectivity index (χ0) is 22.8. The Kier molecular flexibility index (Phi) is 8.44. The first-order chi connectivity index (χ1) is 15.6. The summed E-state index contributed by atoms with van der Waals surface area (Å²) in [7, 11) is 0. The molecule has 0 saturated carbocycles. The van der Waals surface area contributed by atoms with Gasteiger partial charge < -0.3 is 15.0 Å². The van der Waals surface area contributed by atoms with Gasteiger partial charge in [-0.1, -0.05) is 78.4 Å². The van der Waals surface area contributed by atoms with Gasteiger partial charge in [-0.25, -0.2) is 0 Å². The van der Waals surface area contributed by atoms with Crippen molar-refractivity contribution in [2.45, 2.75) is 32.9 Å². The Labute approximate surface area is 190 Å². The molecule has 3 rings (SSSR count). The van der Waals surface area contributed by atoms with Crippen LogP contribution >= 0.6 is 0 Å². The van der Waals surface area contributed by atoms with E-state index >= 15 is 0 Å². The average molecular weight is 431 g/mol. The van der Waals surface area contributed by atoms with Crippen LogP contribution in [0.3, 0.4) is 0 Å². The molecule has 1 N–H and O–H groups in total. The maximum atomic E-state index is 13.3. The zero-order valence-corrected chi connectivity index (χ0v) is 18.7. The summed E-state index contributed by atoms with van der Waals surface area (Å²) in [5.41, 5.74) is 3.07. The Hall–Kier alpha value is -3.60. The minimum Gasteiger partial charge on any atom is -0.484 e. The van der Waals surface area contributed by atoms with Crippen LogP contribution in [0.2, 0.25) is 0 Å². The van der Waals surface area contributed by atoms with Crippen LogP contribution in [-0.4, -0.2) is 35.9 Å². The number of likely N-dealkylation sites (N-methyl/N-ethyl adjacent to an activating group) is 1. The van der Waals surface area contributed by atoms with Crippen LogP contribution in [0.25, 0.3) is 0 Å². The zero-order valence-electron chi connectivity index (χ0n) is 18.7. The average Bonchev–Trinajstić information content (AvgIpc) is 2.82. The van der Waals surface area contributed by atoms with Crippen molar-refractivity contribution in [3.05, 3.63) is 102 Å². The number of ether oxygens (including phenoxy) is 1. The summed E-state index contributed by atoms with van der Waals surface area (Å²) in [5.74, 6) is 0.221. The molecule has 0 bridgehead atoms. The number of benzene rings is 3. The van der Waals surface area contributed by atoms with E-state index in [1.54, 1.807) is 4.90 Å². The minimum atomic E-state index is -0.647. The molecule has 0 fully saturated rings. The maximum absolute atomic E-state index is 13.3. The third-order valence-electron chi connectivity index (χ3n) is 5.20. The summed E-state index contributed by atoms with van der Waals surface area (Å²) in [6, 6.07) is 26.4. The number of hydrogen-bond acceptors (Lipinski definition) is 3. The molecule has 1 atom stereocenters. The van der Waals surface area contributed by atoms with Crippen molar-refractivity contribution in [3.8, 4) is 5.75 Å². The molecule has 3 aromatic rings. The van der Waals surface area contributed by atoms with Gasteiger partial charge in [0.15, 0.2) is 6.61 Å². The van der Waals surface area contributed by atoms with Gasteiger partial charge in [0.2, 0.25) is 5.91 Å². The first-order valence-electron chi connectivity index (χ1n) is 10.9. The highest BCUT2D eigenvalue weighted by atomic mass is 16.5. The number of hydrogen-bond donors (Lipinski definition) is 1. The van der Waals surface area contributed by atoms with Crippen molar-refractivity contribution in [1.82, 2.24) is 10.2 Å². The number of aryl methyl sites for hydroxylation is 1. The molecule has 0 radical (unpaired) electrons. The third-order valence-corrected chi connectivity index (χ3v) is 5.20. The van der Waals surface area contributed by atoms with Gasteiger partial charge in [-0.2, -0.15) is 0 Å². The number of amides is 2. The molecule has 3 aromatic carbocycles. The third kappa shape index (κ3) is 6.71. The molecule has 0 aromatic heterocycles. The van der Waals surface area contributed by atoms with Crippen LogP contribution < -0.4 is 10.1 Å². The van der Waals surface area contributed by atoms with E-state index < -0.39 is 6.04 Å². The van der Waals surface area contributed by atoms with Gasteiger partial charge in [0.05, 0.1) is 0 Å². The molecular formula is C27H30N2O3. The second-order valence-corrected chi connectivity index (χ2v) is 7.71. The highest BCUT2D eigenvalue weighted by Crippen LogP contribution is 2.16. The lowest BCUT2D eigenvalue weighted by Gasteiger charge is -2.31. The Bertz CT molecular complexity index is 988. The lowest BCUT2D eigenvalue weighted by molar-refractivity contribution is -0.142. The summed E-state index contributed by atoms with van der Waals surface area (Å²) < 4.78 is 5.76. The van der Waals surface area contributed by atoms with Crippen molar-refractivity contribution in [2.75, 3.05) is 13.2 Å². The van der Waals surface area contributed by atoms with Crippen LogP contribution in [0.5, 0.6) is 5.75 Å². The normalized spacial score (nSPS) is 11.4. The van der Waals surface area contributed by atoms with E-state index in [1.165, 1.54) is 0 Å². The van der Waals surface area contributed by atoms with Crippen LogP contribution in [-0.2, 0) is 22.6 Å². The van der Waals surface area contributed by atoms with Crippen molar-refractivity contribution < 1.29 is 14.3 Å². The van der Waals surface area contributed by atoms with Gasteiger partial charge in [0, 0.05) is 19.5 Å². The van der Waals surface area contributed by atoms with E-state index in [2.05, 4.69) is 5.32 Å². The highest BCUT2D eigenvalue weighted by Gasteiger charge is 2.30. The fourth-order valence-corrected chi connectivity index (χ4v) is 3.49. The summed E-state index contributed by atoms with van der Waals surface area (Å²) in [6.45, 7) is 4.56. The molecule has 0 spiro atoms. The number of nitrogens with one attached hydrogen (secondary N) is 1. The van der Waals surface area contributed by atoms with Crippen LogP contribution in [0, 0.1) is 6.92 Å². The Morgan fingerprint density at radius 2 is 1.47 bits per heavy atom. The number of rotatable bonds is 10. The molecule has 166 valence electrons. The molecule has 0 aliphatic rings. The summed E-state index contributed by atoms with van der Waals surface area (Å²) in [6.07, 6.45) is 0.426. The SMILES string of the molecule is CCNC(=O)C(Cc1ccccc1)N(Cc1ccccc1)C(=O)COc1ccc(C)cc1. The van der Waals surface area contributed by atoms with E-state index in [1.807, 2.05) is 98.8 Å². The first-order valence-corrected chi connectivity index (χ1v) is 10.9. The highest BCUT2D eigenvalue weighted by molar-refractivity contribution is 5.88. The monoisotopic (exact) mass is 430 g/mol. The Morgan fingerprint density at radius 3 is 2.06 bits per heavy atom. The molecule has 32 heavy (non-hydrogen) atoms. The van der Waals surface area contributed by atoms with E-state index in [-0.39, 0.29) is 18.4 Å². The fourth-order valence-electron chi connectivity index (χ4n) is 3.49. The maximum Gasteiger partial charge on any atom is 0.261 e. The molecular weight excluding hydrogens is 400 g/mol. The molecule has 2 amide bonds. The fraction of sp³-hybridized carbons (Fsp3) is 0.259. The van der Waals surface area contributed by atoms with Crippen molar-refractivity contribution >= 4 is 11.8 Å². The number of nitrogens with zero attached hydrogens (tertiary/aromatic N) is 1. The minimum absolute atomic E-state index is 0.138. The van der Waals surface area contributed by atoms with Gasteiger partial charge >= 0.3 is 0 Å². The molecule has 5 nitrogen and oxygen atoms in total. The van der Waals surface area contributed by atoms with Gasteiger partial charge in [-0.05, 0) is 37.1 Å².